The summed E-state index contributed by atoms with van der Waals surface area (Å²) < 4.78 is 41.9. The molecule has 2 aliphatic heterocycles. The molecule has 39 heavy (non-hydrogen) atoms. The first-order chi connectivity index (χ1) is 19.0. The summed E-state index contributed by atoms with van der Waals surface area (Å²) in [6.07, 6.45) is 0.939. The number of morpholine rings is 1. The fourth-order valence-corrected chi connectivity index (χ4v) is 5.20. The van der Waals surface area contributed by atoms with E-state index in [1.807, 2.05) is 65.7 Å². The molecule has 9 heteroatoms. The summed E-state index contributed by atoms with van der Waals surface area (Å²) in [7, 11) is 0. The van der Waals surface area contributed by atoms with Crippen molar-refractivity contribution in [1.82, 2.24) is 9.58 Å². The van der Waals surface area contributed by atoms with Crippen molar-refractivity contribution >= 4 is 5.91 Å². The molecule has 0 N–H and O–H groups in total. The second kappa shape index (κ2) is 10.3. The third-order valence-electron chi connectivity index (χ3n) is 7.02. The minimum Gasteiger partial charge on any atom is -0.482 e. The summed E-state index contributed by atoms with van der Waals surface area (Å²) >= 11 is 0. The van der Waals surface area contributed by atoms with Crippen LogP contribution in [-0.4, -0.2) is 41.4 Å². The van der Waals surface area contributed by atoms with Crippen LogP contribution in [0.4, 0.5) is 8.78 Å². The largest absolute Gasteiger partial charge is 0.482 e. The summed E-state index contributed by atoms with van der Waals surface area (Å²) in [6, 6.07) is 23.1. The molecular formula is C30H25F2N3O4. The minimum absolute atomic E-state index is 0.0695. The first-order valence-corrected chi connectivity index (χ1v) is 12.6. The van der Waals surface area contributed by atoms with E-state index in [9.17, 15) is 18.4 Å². The van der Waals surface area contributed by atoms with E-state index in [-0.39, 0.29) is 30.6 Å². The van der Waals surface area contributed by atoms with Gasteiger partial charge in [-0.2, -0.15) is 0 Å². The topological polar surface area (TPSA) is 64.0 Å². The molecule has 0 saturated carbocycles. The van der Waals surface area contributed by atoms with Crippen molar-refractivity contribution < 1.29 is 23.0 Å². The zero-order valence-corrected chi connectivity index (χ0v) is 20.9. The fraction of sp³-hybridized carbons (Fsp3) is 0.200. The van der Waals surface area contributed by atoms with E-state index in [1.54, 1.807) is 9.58 Å². The highest BCUT2D eigenvalue weighted by molar-refractivity contribution is 5.96. The van der Waals surface area contributed by atoms with Crippen molar-refractivity contribution in [2.45, 2.75) is 18.8 Å². The molecule has 6 rings (SSSR count). The number of halogens is 2. The van der Waals surface area contributed by atoms with Crippen LogP contribution in [0.15, 0.2) is 95.9 Å². The molecule has 1 aromatic heterocycles. The van der Waals surface area contributed by atoms with E-state index in [4.69, 9.17) is 9.47 Å². The molecular weight excluding hydrogens is 504 g/mol. The zero-order valence-electron chi connectivity index (χ0n) is 20.9. The number of hydrogen-bond acceptors (Lipinski definition) is 5. The van der Waals surface area contributed by atoms with Crippen molar-refractivity contribution in [3.63, 3.8) is 0 Å². The van der Waals surface area contributed by atoms with E-state index in [1.165, 1.54) is 18.3 Å². The van der Waals surface area contributed by atoms with Gasteiger partial charge in [0.25, 0.3) is 5.91 Å². The number of rotatable bonds is 6. The SMILES string of the molecule is O=C1c2c(OCc3ccccc3)c(=O)ccn2N([C@@H](c2ccccc2)c2ccc(F)c(F)c2)[C@@H]2COCCN12. The number of carbonyl (C=O) groups is 1. The Labute approximate surface area is 223 Å². The van der Waals surface area contributed by atoms with Crippen LogP contribution in [0.25, 0.3) is 0 Å². The average Bonchev–Trinajstić information content (AvgIpc) is 2.97. The standard InChI is InChI=1S/C30H25F2N3O4/c31-23-12-11-22(17-24(23)32)27(21-9-5-2-6-10-21)35-26-19-38-16-15-33(26)30(37)28-29(25(36)13-14-34(28)35)39-18-20-7-3-1-4-8-20/h1-14,17,26-27H,15-16,18-19H2/t26-,27+/m1/s1. The van der Waals surface area contributed by atoms with Gasteiger partial charge in [-0.25, -0.2) is 8.78 Å². The van der Waals surface area contributed by atoms with Crippen LogP contribution in [0.3, 0.4) is 0 Å². The lowest BCUT2D eigenvalue weighted by Gasteiger charge is -2.51. The van der Waals surface area contributed by atoms with E-state index in [2.05, 4.69) is 0 Å². The molecule has 7 nitrogen and oxygen atoms in total. The molecule has 2 aliphatic rings. The number of fused-ring (bicyclic) bond motifs is 2. The Morgan fingerprint density at radius 2 is 1.64 bits per heavy atom. The van der Waals surface area contributed by atoms with Gasteiger partial charge in [0.2, 0.25) is 5.43 Å². The Hall–Kier alpha value is -4.50. The maximum atomic E-state index is 14.5. The van der Waals surface area contributed by atoms with Crippen molar-refractivity contribution in [3.8, 4) is 5.75 Å². The van der Waals surface area contributed by atoms with Gasteiger partial charge in [-0.15, -0.1) is 0 Å². The smallest absolute Gasteiger partial charge is 0.278 e. The Kier molecular flexibility index (Phi) is 6.58. The summed E-state index contributed by atoms with van der Waals surface area (Å²) in [4.78, 5) is 28.6. The summed E-state index contributed by atoms with van der Waals surface area (Å²) in [5.74, 6) is -2.37. The van der Waals surface area contributed by atoms with Crippen LogP contribution in [0.5, 0.6) is 5.75 Å². The molecule has 4 aromatic rings. The average molecular weight is 530 g/mol. The highest BCUT2D eigenvalue weighted by Gasteiger charge is 2.45. The van der Waals surface area contributed by atoms with Gasteiger partial charge < -0.3 is 14.4 Å². The molecule has 3 aromatic carbocycles. The second-order valence-electron chi connectivity index (χ2n) is 9.40. The molecule has 3 heterocycles. The van der Waals surface area contributed by atoms with Crippen molar-refractivity contribution in [2.24, 2.45) is 0 Å². The molecule has 0 unspecified atom stereocenters. The van der Waals surface area contributed by atoms with Crippen LogP contribution in [0, 0.1) is 11.6 Å². The van der Waals surface area contributed by atoms with Crippen molar-refractivity contribution in [3.05, 3.63) is 135 Å². The monoisotopic (exact) mass is 529 g/mol. The third kappa shape index (κ3) is 4.55. The Morgan fingerprint density at radius 3 is 2.38 bits per heavy atom. The highest BCUT2D eigenvalue weighted by Crippen LogP contribution is 2.36. The predicted molar refractivity (Wildman–Crippen MR) is 140 cm³/mol. The first-order valence-electron chi connectivity index (χ1n) is 12.6. The summed E-state index contributed by atoms with van der Waals surface area (Å²) in [6.45, 7) is 0.901. The zero-order chi connectivity index (χ0) is 26.9. The van der Waals surface area contributed by atoms with Crippen LogP contribution in [0.1, 0.15) is 33.2 Å². The lowest BCUT2D eigenvalue weighted by molar-refractivity contribution is -0.0198. The first kappa shape index (κ1) is 24.8. The lowest BCUT2D eigenvalue weighted by atomic mass is 9.96. The molecule has 198 valence electrons. The van der Waals surface area contributed by atoms with Crippen molar-refractivity contribution in [2.75, 3.05) is 24.8 Å². The van der Waals surface area contributed by atoms with Gasteiger partial charge in [-0.3, -0.25) is 19.3 Å². The molecule has 1 amide bonds. The summed E-state index contributed by atoms with van der Waals surface area (Å²) in [5.41, 5.74) is 1.73. The Balaban J connectivity index is 1.54. The number of benzene rings is 3. The lowest BCUT2D eigenvalue weighted by Crippen LogP contribution is -2.66. The van der Waals surface area contributed by atoms with E-state index in [0.717, 1.165) is 23.3 Å². The summed E-state index contributed by atoms with van der Waals surface area (Å²) in [5, 5.41) is 1.87. The van der Waals surface area contributed by atoms with Gasteiger partial charge >= 0.3 is 0 Å². The second-order valence-corrected chi connectivity index (χ2v) is 9.40. The number of pyridine rings is 1. The normalized spacial score (nSPS) is 17.4. The van der Waals surface area contributed by atoms with E-state index in [0.29, 0.717) is 18.7 Å². The van der Waals surface area contributed by atoms with Crippen LogP contribution < -0.4 is 15.2 Å². The quantitative estimate of drug-likeness (QED) is 0.374. The molecule has 0 aliphatic carbocycles. The number of nitrogens with zero attached hydrogens (tertiary/aromatic N) is 3. The molecule has 0 spiro atoms. The van der Waals surface area contributed by atoms with Gasteiger partial charge in [0, 0.05) is 18.8 Å². The van der Waals surface area contributed by atoms with Crippen LogP contribution >= 0.6 is 0 Å². The molecule has 1 fully saturated rings. The van der Waals surface area contributed by atoms with Gasteiger partial charge in [0.05, 0.1) is 19.3 Å². The van der Waals surface area contributed by atoms with Crippen LogP contribution in [0.2, 0.25) is 0 Å². The Morgan fingerprint density at radius 1 is 0.897 bits per heavy atom. The third-order valence-corrected chi connectivity index (χ3v) is 7.02. The van der Waals surface area contributed by atoms with E-state index < -0.39 is 29.3 Å². The maximum absolute atomic E-state index is 14.5. The number of amides is 1. The van der Waals surface area contributed by atoms with Gasteiger partial charge in [0.15, 0.2) is 23.1 Å². The van der Waals surface area contributed by atoms with Gasteiger partial charge in [-0.05, 0) is 28.8 Å². The molecule has 0 bridgehead atoms. The molecule has 1 saturated heterocycles. The number of hydrogen-bond donors (Lipinski definition) is 0. The maximum Gasteiger partial charge on any atom is 0.278 e. The van der Waals surface area contributed by atoms with Gasteiger partial charge in [0.1, 0.15) is 12.8 Å². The minimum atomic E-state index is -0.981. The number of ether oxygens (including phenoxy) is 2. The Bertz CT molecular complexity index is 1560. The van der Waals surface area contributed by atoms with E-state index >= 15 is 0 Å². The highest BCUT2D eigenvalue weighted by atomic mass is 19.2. The number of aromatic nitrogens is 1. The van der Waals surface area contributed by atoms with Crippen LogP contribution in [-0.2, 0) is 11.3 Å². The fourth-order valence-electron chi connectivity index (χ4n) is 5.20. The van der Waals surface area contributed by atoms with Gasteiger partial charge in [-0.1, -0.05) is 66.7 Å². The predicted octanol–water partition coefficient (Wildman–Crippen LogP) is 4.25. The van der Waals surface area contributed by atoms with Crippen molar-refractivity contribution in [1.29, 1.82) is 0 Å². The molecule has 2 atom stereocenters. The molecule has 0 radical (unpaired) electrons. The number of carbonyl (C=O) groups excluding carboxylic acids is 1.